The minimum atomic E-state index is -3.62. The highest BCUT2D eigenvalue weighted by molar-refractivity contribution is 7.89. The quantitative estimate of drug-likeness (QED) is 0.684. The van der Waals surface area contributed by atoms with Gasteiger partial charge in [-0.1, -0.05) is 18.2 Å². The lowest BCUT2D eigenvalue weighted by Gasteiger charge is -2.34. The molecule has 2 heterocycles. The summed E-state index contributed by atoms with van der Waals surface area (Å²) in [6.07, 6.45) is 2.81. The average molecular weight is 418 g/mol. The van der Waals surface area contributed by atoms with Gasteiger partial charge < -0.3 is 15.0 Å². The Morgan fingerprint density at radius 3 is 2.41 bits per heavy atom. The van der Waals surface area contributed by atoms with Crippen molar-refractivity contribution in [2.75, 3.05) is 39.3 Å². The molecule has 9 nitrogen and oxygen atoms in total. The van der Waals surface area contributed by atoms with E-state index in [1.165, 1.54) is 27.7 Å². The van der Waals surface area contributed by atoms with Crippen molar-refractivity contribution in [1.29, 1.82) is 0 Å². The first-order chi connectivity index (χ1) is 14.0. The van der Waals surface area contributed by atoms with Gasteiger partial charge in [-0.3, -0.25) is 14.6 Å². The molecular formula is C19H22N4O5S. The fourth-order valence-electron chi connectivity index (χ4n) is 2.83. The third kappa shape index (κ3) is 5.52. The molecule has 1 aliphatic heterocycles. The summed E-state index contributed by atoms with van der Waals surface area (Å²) in [5.74, 6) is -0.101. The smallest absolute Gasteiger partial charge is 0.258 e. The molecule has 154 valence electrons. The van der Waals surface area contributed by atoms with Gasteiger partial charge in [0.15, 0.2) is 6.61 Å². The van der Waals surface area contributed by atoms with Gasteiger partial charge in [0.05, 0.1) is 6.54 Å². The lowest BCUT2D eigenvalue weighted by molar-refractivity contribution is -0.134. The molecule has 0 aliphatic carbocycles. The van der Waals surface area contributed by atoms with Crippen LogP contribution in [0.3, 0.4) is 0 Å². The normalized spacial score (nSPS) is 15.0. The van der Waals surface area contributed by atoms with E-state index in [-0.39, 0.29) is 50.1 Å². The molecule has 2 amide bonds. The number of carbonyl (C=O) groups excluding carboxylic acids is 2. The first-order valence-electron chi connectivity index (χ1n) is 9.09. The molecule has 0 radical (unpaired) electrons. The van der Waals surface area contributed by atoms with Crippen molar-refractivity contribution < 1.29 is 22.7 Å². The van der Waals surface area contributed by atoms with Crippen molar-refractivity contribution in [3.63, 3.8) is 0 Å². The highest BCUT2D eigenvalue weighted by atomic mass is 32.2. The fourth-order valence-corrected chi connectivity index (χ4v) is 4.22. The molecule has 10 heteroatoms. The summed E-state index contributed by atoms with van der Waals surface area (Å²) in [5, 5.41) is 2.52. The number of benzene rings is 1. The van der Waals surface area contributed by atoms with Crippen LogP contribution in [0.25, 0.3) is 0 Å². The third-order valence-electron chi connectivity index (χ3n) is 4.41. The summed E-state index contributed by atoms with van der Waals surface area (Å²) in [6, 6.07) is 12.0. The van der Waals surface area contributed by atoms with Gasteiger partial charge in [-0.2, -0.15) is 4.31 Å². The largest absolute Gasteiger partial charge is 0.484 e. The van der Waals surface area contributed by atoms with E-state index in [0.29, 0.717) is 5.75 Å². The van der Waals surface area contributed by atoms with Gasteiger partial charge in [-0.15, -0.1) is 0 Å². The van der Waals surface area contributed by atoms with E-state index in [1.807, 2.05) is 6.07 Å². The number of hydrogen-bond acceptors (Lipinski definition) is 6. The molecular weight excluding hydrogens is 396 g/mol. The molecule has 1 aliphatic rings. The highest BCUT2D eigenvalue weighted by Crippen LogP contribution is 2.16. The molecule has 0 spiro atoms. The number of piperazine rings is 1. The summed E-state index contributed by atoms with van der Waals surface area (Å²) in [5.41, 5.74) is 0. The molecule has 1 saturated heterocycles. The van der Waals surface area contributed by atoms with Gasteiger partial charge in [-0.25, -0.2) is 8.42 Å². The van der Waals surface area contributed by atoms with Crippen LogP contribution in [0.5, 0.6) is 5.75 Å². The van der Waals surface area contributed by atoms with Crippen LogP contribution in [0.2, 0.25) is 0 Å². The first kappa shape index (κ1) is 20.7. The predicted molar refractivity (Wildman–Crippen MR) is 105 cm³/mol. The number of pyridine rings is 1. The Hall–Kier alpha value is -2.98. The maximum Gasteiger partial charge on any atom is 0.258 e. The summed E-state index contributed by atoms with van der Waals surface area (Å²) in [7, 11) is -3.62. The predicted octanol–water partition coefficient (Wildman–Crippen LogP) is 0.110. The maximum atomic E-state index is 12.6. The van der Waals surface area contributed by atoms with Crippen LogP contribution in [-0.2, 0) is 19.6 Å². The van der Waals surface area contributed by atoms with Crippen LogP contribution < -0.4 is 10.1 Å². The second-order valence-electron chi connectivity index (χ2n) is 6.35. The zero-order chi connectivity index (χ0) is 20.7. The lowest BCUT2D eigenvalue weighted by Crippen LogP contribution is -2.52. The summed E-state index contributed by atoms with van der Waals surface area (Å²) in [4.78, 5) is 29.6. The summed E-state index contributed by atoms with van der Waals surface area (Å²) >= 11 is 0. The second-order valence-corrected chi connectivity index (χ2v) is 8.29. The Balaban J connectivity index is 1.42. The average Bonchev–Trinajstić information content (AvgIpc) is 2.77. The minimum Gasteiger partial charge on any atom is -0.484 e. The van der Waals surface area contributed by atoms with Crippen LogP contribution >= 0.6 is 0 Å². The van der Waals surface area contributed by atoms with Gasteiger partial charge in [0.1, 0.15) is 10.6 Å². The van der Waals surface area contributed by atoms with Crippen molar-refractivity contribution >= 4 is 21.8 Å². The van der Waals surface area contributed by atoms with Crippen LogP contribution in [0.4, 0.5) is 0 Å². The standard InChI is InChI=1S/C19H22N4O5S/c24-18(15-28-16-5-2-1-3-6-16)21-14-19(25)22-9-11-23(12-10-22)29(26,27)17-7-4-8-20-13-17/h1-8,13H,9-12,14-15H2,(H,21,24). The molecule has 1 N–H and O–H groups in total. The molecule has 1 fully saturated rings. The number of rotatable bonds is 7. The van der Waals surface area contributed by atoms with Gasteiger partial charge in [0.2, 0.25) is 15.9 Å². The Bertz CT molecular complexity index is 930. The van der Waals surface area contributed by atoms with E-state index >= 15 is 0 Å². The number of hydrogen-bond donors (Lipinski definition) is 1. The van der Waals surface area contributed by atoms with E-state index in [0.717, 1.165) is 0 Å². The zero-order valence-corrected chi connectivity index (χ0v) is 16.5. The summed E-state index contributed by atoms with van der Waals surface area (Å²) < 4.78 is 31.8. The number of ether oxygens (including phenoxy) is 1. The van der Waals surface area contributed by atoms with E-state index in [1.54, 1.807) is 30.3 Å². The molecule has 0 saturated carbocycles. The van der Waals surface area contributed by atoms with Crippen LogP contribution in [0.1, 0.15) is 0 Å². The van der Waals surface area contributed by atoms with Gasteiger partial charge >= 0.3 is 0 Å². The first-order valence-corrected chi connectivity index (χ1v) is 10.5. The number of aromatic nitrogens is 1. The monoisotopic (exact) mass is 418 g/mol. The van der Waals surface area contributed by atoms with Gasteiger partial charge in [0, 0.05) is 38.6 Å². The lowest BCUT2D eigenvalue weighted by atomic mass is 10.3. The van der Waals surface area contributed by atoms with Crippen LogP contribution in [0, 0.1) is 0 Å². The number of para-hydroxylation sites is 1. The molecule has 1 aromatic carbocycles. The van der Waals surface area contributed by atoms with Crippen molar-refractivity contribution in [2.45, 2.75) is 4.90 Å². The molecule has 0 bridgehead atoms. The van der Waals surface area contributed by atoms with Crippen molar-refractivity contribution in [2.24, 2.45) is 0 Å². The van der Waals surface area contributed by atoms with Crippen LogP contribution in [0.15, 0.2) is 59.8 Å². The highest BCUT2D eigenvalue weighted by Gasteiger charge is 2.30. The molecule has 1 aromatic heterocycles. The Kier molecular flexibility index (Phi) is 6.78. The minimum absolute atomic E-state index is 0.130. The topological polar surface area (TPSA) is 109 Å². The Morgan fingerprint density at radius 1 is 1.03 bits per heavy atom. The molecule has 0 unspecified atom stereocenters. The van der Waals surface area contributed by atoms with Crippen LogP contribution in [-0.4, -0.2) is 73.8 Å². The number of sulfonamides is 1. The second kappa shape index (κ2) is 9.48. The Morgan fingerprint density at radius 2 is 1.76 bits per heavy atom. The van der Waals surface area contributed by atoms with E-state index in [9.17, 15) is 18.0 Å². The third-order valence-corrected chi connectivity index (χ3v) is 6.30. The zero-order valence-electron chi connectivity index (χ0n) is 15.7. The number of nitrogens with one attached hydrogen (secondary N) is 1. The Labute approximate surface area is 169 Å². The fraction of sp³-hybridized carbons (Fsp3) is 0.316. The van der Waals surface area contributed by atoms with Gasteiger partial charge in [-0.05, 0) is 24.3 Å². The van der Waals surface area contributed by atoms with Crippen molar-refractivity contribution in [1.82, 2.24) is 19.5 Å². The molecule has 2 aromatic rings. The summed E-state index contributed by atoms with van der Waals surface area (Å²) in [6.45, 7) is 0.548. The van der Waals surface area contributed by atoms with Gasteiger partial charge in [0.25, 0.3) is 5.91 Å². The maximum absolute atomic E-state index is 12.6. The van der Waals surface area contributed by atoms with E-state index in [4.69, 9.17) is 4.74 Å². The number of nitrogens with zero attached hydrogens (tertiary/aromatic N) is 3. The number of amides is 2. The number of carbonyl (C=O) groups is 2. The van der Waals surface area contributed by atoms with E-state index in [2.05, 4.69) is 10.3 Å². The molecule has 3 rings (SSSR count). The molecule has 0 atom stereocenters. The van der Waals surface area contributed by atoms with Crippen molar-refractivity contribution in [3.8, 4) is 5.75 Å². The SMILES string of the molecule is O=C(COc1ccccc1)NCC(=O)N1CCN(S(=O)(=O)c2cccnc2)CC1. The van der Waals surface area contributed by atoms with Crippen molar-refractivity contribution in [3.05, 3.63) is 54.9 Å². The molecule has 29 heavy (non-hydrogen) atoms. The van der Waals surface area contributed by atoms with E-state index < -0.39 is 15.9 Å².